The van der Waals surface area contributed by atoms with E-state index in [-0.39, 0.29) is 0 Å². The van der Waals surface area contributed by atoms with Gasteiger partial charge >= 0.3 is 0 Å². The Morgan fingerprint density at radius 1 is 0.964 bits per heavy atom. The number of benzene rings is 2. The topological polar surface area (TPSA) is 3.24 Å². The standard InChI is InChI=1S/C18H20.C7H15N.C2H6/c1-15(14-17-9-5-3-6-10-17)13-16(2)18-11-7-4-8-12-18;1-7-3-5-8(2)6-4-7;1-2/h3-12,16H,1,13-14H2,2H3;7H,3-6H2,1-2H3;1-2H3. The fourth-order valence-electron chi connectivity index (χ4n) is 3.43. The van der Waals surface area contributed by atoms with Crippen LogP contribution in [0.2, 0.25) is 0 Å². The van der Waals surface area contributed by atoms with E-state index in [2.05, 4.69) is 93.0 Å². The molecule has 1 heterocycles. The van der Waals surface area contributed by atoms with E-state index in [1.165, 1.54) is 42.6 Å². The molecular weight excluding hydrogens is 338 g/mol. The van der Waals surface area contributed by atoms with Gasteiger partial charge in [0.1, 0.15) is 0 Å². The predicted molar refractivity (Wildman–Crippen MR) is 126 cm³/mol. The lowest BCUT2D eigenvalue weighted by molar-refractivity contribution is 0.230. The molecule has 1 atom stereocenters. The first-order valence-corrected chi connectivity index (χ1v) is 11.0. The maximum absolute atomic E-state index is 4.22. The fraction of sp³-hybridized carbons (Fsp3) is 0.481. The van der Waals surface area contributed by atoms with Crippen molar-refractivity contribution in [1.29, 1.82) is 0 Å². The molecular formula is C27H41N. The Morgan fingerprint density at radius 2 is 1.46 bits per heavy atom. The summed E-state index contributed by atoms with van der Waals surface area (Å²) in [5.41, 5.74) is 4.05. The van der Waals surface area contributed by atoms with E-state index >= 15 is 0 Å². The third kappa shape index (κ3) is 9.90. The van der Waals surface area contributed by atoms with Gasteiger partial charge in [-0.1, -0.05) is 101 Å². The predicted octanol–water partition coefficient (Wildman–Crippen LogP) is 7.35. The number of nitrogens with zero attached hydrogens (tertiary/aromatic N) is 1. The van der Waals surface area contributed by atoms with Crippen molar-refractivity contribution in [3.05, 3.63) is 83.9 Å². The van der Waals surface area contributed by atoms with Gasteiger partial charge in [0.25, 0.3) is 0 Å². The first kappa shape index (κ1) is 24.2. The Morgan fingerprint density at radius 3 is 1.96 bits per heavy atom. The average Bonchev–Trinajstić information content (AvgIpc) is 2.73. The van der Waals surface area contributed by atoms with Crippen LogP contribution in [0.5, 0.6) is 0 Å². The molecule has 28 heavy (non-hydrogen) atoms. The van der Waals surface area contributed by atoms with E-state index in [0.29, 0.717) is 5.92 Å². The minimum Gasteiger partial charge on any atom is -0.306 e. The average molecular weight is 380 g/mol. The molecule has 154 valence electrons. The van der Waals surface area contributed by atoms with Crippen LogP contribution in [0.1, 0.15) is 64.0 Å². The smallest absolute Gasteiger partial charge is 0.00192 e. The number of hydrogen-bond acceptors (Lipinski definition) is 1. The highest BCUT2D eigenvalue weighted by Gasteiger charge is 2.10. The summed E-state index contributed by atoms with van der Waals surface area (Å²) in [6.45, 7) is 15.4. The van der Waals surface area contributed by atoms with Crippen molar-refractivity contribution in [2.75, 3.05) is 20.1 Å². The summed E-state index contributed by atoms with van der Waals surface area (Å²) < 4.78 is 0. The van der Waals surface area contributed by atoms with Crippen LogP contribution in [-0.4, -0.2) is 25.0 Å². The first-order valence-electron chi connectivity index (χ1n) is 11.0. The maximum Gasteiger partial charge on any atom is -0.00192 e. The van der Waals surface area contributed by atoms with Crippen LogP contribution >= 0.6 is 0 Å². The van der Waals surface area contributed by atoms with Gasteiger partial charge in [0.05, 0.1) is 0 Å². The van der Waals surface area contributed by atoms with Crippen LogP contribution in [0.25, 0.3) is 0 Å². The van der Waals surface area contributed by atoms with Crippen molar-refractivity contribution in [3.63, 3.8) is 0 Å². The van der Waals surface area contributed by atoms with Gasteiger partial charge in [0, 0.05) is 0 Å². The molecule has 1 nitrogen and oxygen atoms in total. The molecule has 1 unspecified atom stereocenters. The summed E-state index contributed by atoms with van der Waals surface area (Å²) in [5.74, 6) is 1.52. The molecule has 0 saturated carbocycles. The summed E-state index contributed by atoms with van der Waals surface area (Å²) in [5, 5.41) is 0. The lowest BCUT2D eigenvalue weighted by Crippen LogP contribution is -2.28. The second-order valence-electron chi connectivity index (χ2n) is 7.91. The molecule has 2 aromatic rings. The molecule has 0 spiro atoms. The summed E-state index contributed by atoms with van der Waals surface area (Å²) >= 11 is 0. The van der Waals surface area contributed by atoms with E-state index in [4.69, 9.17) is 0 Å². The fourth-order valence-corrected chi connectivity index (χ4v) is 3.43. The third-order valence-electron chi connectivity index (χ3n) is 5.27. The number of piperidine rings is 1. The quantitative estimate of drug-likeness (QED) is 0.491. The molecule has 0 radical (unpaired) electrons. The zero-order valence-corrected chi connectivity index (χ0v) is 18.8. The molecule has 1 aliphatic heterocycles. The largest absolute Gasteiger partial charge is 0.306 e. The second kappa shape index (κ2) is 14.2. The van der Waals surface area contributed by atoms with E-state index < -0.39 is 0 Å². The van der Waals surface area contributed by atoms with Crippen molar-refractivity contribution in [2.24, 2.45) is 5.92 Å². The van der Waals surface area contributed by atoms with E-state index in [1.807, 2.05) is 13.8 Å². The van der Waals surface area contributed by atoms with Crippen molar-refractivity contribution >= 4 is 0 Å². The van der Waals surface area contributed by atoms with Gasteiger partial charge in [-0.2, -0.15) is 0 Å². The lowest BCUT2D eigenvalue weighted by Gasteiger charge is -2.26. The molecule has 0 amide bonds. The SMILES string of the molecule is C=C(Cc1ccccc1)CC(C)c1ccccc1.CC.CC1CCN(C)CC1. The van der Waals surface area contributed by atoms with Crippen LogP contribution < -0.4 is 0 Å². The van der Waals surface area contributed by atoms with Crippen LogP contribution in [0.15, 0.2) is 72.8 Å². The first-order chi connectivity index (χ1) is 13.5. The summed E-state index contributed by atoms with van der Waals surface area (Å²) in [6, 6.07) is 21.2. The van der Waals surface area contributed by atoms with Crippen molar-refractivity contribution < 1.29 is 0 Å². The van der Waals surface area contributed by atoms with E-state index in [0.717, 1.165) is 18.8 Å². The van der Waals surface area contributed by atoms with E-state index in [1.54, 1.807) is 0 Å². The maximum atomic E-state index is 4.22. The molecule has 1 saturated heterocycles. The van der Waals surface area contributed by atoms with Gasteiger partial charge in [-0.3, -0.25) is 0 Å². The normalized spacial score (nSPS) is 15.5. The Balaban J connectivity index is 0.000000327. The second-order valence-corrected chi connectivity index (χ2v) is 7.91. The summed E-state index contributed by atoms with van der Waals surface area (Å²) in [4.78, 5) is 2.40. The molecule has 2 aromatic carbocycles. The molecule has 1 aliphatic rings. The summed E-state index contributed by atoms with van der Waals surface area (Å²) in [6.07, 6.45) is 4.84. The zero-order valence-electron chi connectivity index (χ0n) is 18.8. The van der Waals surface area contributed by atoms with Crippen molar-refractivity contribution in [2.45, 2.75) is 59.3 Å². The van der Waals surface area contributed by atoms with Crippen molar-refractivity contribution in [3.8, 4) is 0 Å². The Labute approximate surface area is 174 Å². The molecule has 3 rings (SSSR count). The van der Waals surface area contributed by atoms with Crippen LogP contribution in [0.4, 0.5) is 0 Å². The van der Waals surface area contributed by atoms with Crippen LogP contribution in [-0.2, 0) is 6.42 Å². The van der Waals surface area contributed by atoms with Gasteiger partial charge in [-0.25, -0.2) is 0 Å². The third-order valence-corrected chi connectivity index (χ3v) is 5.27. The zero-order chi connectivity index (χ0) is 20.8. The van der Waals surface area contributed by atoms with Gasteiger partial charge in [0.15, 0.2) is 0 Å². The number of hydrogen-bond donors (Lipinski definition) is 0. The van der Waals surface area contributed by atoms with E-state index in [9.17, 15) is 0 Å². The lowest BCUT2D eigenvalue weighted by atomic mass is 9.92. The van der Waals surface area contributed by atoms with Crippen LogP contribution in [0, 0.1) is 5.92 Å². The van der Waals surface area contributed by atoms with Crippen LogP contribution in [0.3, 0.4) is 0 Å². The Kier molecular flexibility index (Phi) is 12.2. The highest BCUT2D eigenvalue weighted by atomic mass is 15.1. The highest BCUT2D eigenvalue weighted by Crippen LogP contribution is 2.23. The number of allylic oxidation sites excluding steroid dienone is 1. The molecule has 0 aliphatic carbocycles. The minimum absolute atomic E-state index is 0.544. The monoisotopic (exact) mass is 379 g/mol. The van der Waals surface area contributed by atoms with Gasteiger partial charge < -0.3 is 4.90 Å². The Hall–Kier alpha value is -1.86. The van der Waals surface area contributed by atoms with Gasteiger partial charge in [-0.15, -0.1) is 0 Å². The molecule has 1 fully saturated rings. The molecule has 1 heteroatoms. The molecule has 0 N–H and O–H groups in total. The van der Waals surface area contributed by atoms with Gasteiger partial charge in [0.2, 0.25) is 0 Å². The Bertz CT molecular complexity index is 614. The van der Waals surface area contributed by atoms with Crippen molar-refractivity contribution in [1.82, 2.24) is 4.90 Å². The number of likely N-dealkylation sites (tertiary alicyclic amines) is 1. The highest BCUT2D eigenvalue weighted by molar-refractivity contribution is 5.24. The molecule has 0 bridgehead atoms. The molecule has 0 aromatic heterocycles. The van der Waals surface area contributed by atoms with Gasteiger partial charge in [-0.05, 0) is 68.8 Å². The summed E-state index contributed by atoms with van der Waals surface area (Å²) in [7, 11) is 2.20. The minimum atomic E-state index is 0.544. The number of rotatable bonds is 5.